The van der Waals surface area contributed by atoms with Gasteiger partial charge in [-0.05, 0) is 55.0 Å². The van der Waals surface area contributed by atoms with Gasteiger partial charge < -0.3 is 4.74 Å². The minimum absolute atomic E-state index is 0.179. The number of ether oxygens (including phenoxy) is 1. The number of benzene rings is 1. The molecule has 0 atom stereocenters. The molecule has 3 rings (SSSR count). The summed E-state index contributed by atoms with van der Waals surface area (Å²) in [4.78, 5) is 29.2. The second-order valence-electron chi connectivity index (χ2n) is 6.25. The molecule has 1 N–H and O–H groups in total. The second-order valence-corrected chi connectivity index (χ2v) is 8.14. The lowest BCUT2D eigenvalue weighted by Gasteiger charge is -2.07. The minimum atomic E-state index is -0.418. The quantitative estimate of drug-likeness (QED) is 0.618. The average Bonchev–Trinajstić information content (AvgIpc) is 3.28. The van der Waals surface area contributed by atoms with Crippen LogP contribution in [0.25, 0.3) is 11.3 Å². The Bertz CT molecular complexity index is 962. The Morgan fingerprint density at radius 2 is 1.89 bits per heavy atom. The van der Waals surface area contributed by atoms with Crippen LogP contribution in [0.2, 0.25) is 0 Å². The van der Waals surface area contributed by atoms with E-state index in [0.717, 1.165) is 21.7 Å². The number of carbonyl (C=O) groups excluding carboxylic acids is 2. The smallest absolute Gasteiger partial charge is 0.311 e. The first-order chi connectivity index (χ1) is 12.9. The zero-order chi connectivity index (χ0) is 19.4. The molecule has 0 aliphatic heterocycles. The molecule has 0 bridgehead atoms. The van der Waals surface area contributed by atoms with Crippen molar-refractivity contribution < 1.29 is 14.3 Å². The van der Waals surface area contributed by atoms with Crippen molar-refractivity contribution in [1.29, 1.82) is 0 Å². The molecule has 1 aromatic carbocycles. The summed E-state index contributed by atoms with van der Waals surface area (Å²) < 4.78 is 5.02. The van der Waals surface area contributed by atoms with Crippen LogP contribution in [0, 0.1) is 20.8 Å². The highest BCUT2D eigenvalue weighted by Crippen LogP contribution is 2.29. The van der Waals surface area contributed by atoms with E-state index >= 15 is 0 Å². The number of aromatic nitrogens is 1. The number of esters is 1. The number of aryl methyl sites for hydroxylation is 3. The summed E-state index contributed by atoms with van der Waals surface area (Å²) in [6.07, 6.45) is 0.179. The highest BCUT2D eigenvalue weighted by molar-refractivity contribution is 7.14. The molecule has 0 saturated heterocycles. The molecule has 0 aliphatic rings. The molecule has 5 nitrogen and oxygen atoms in total. The van der Waals surface area contributed by atoms with Crippen molar-refractivity contribution in [3.05, 3.63) is 56.6 Å². The van der Waals surface area contributed by atoms with Gasteiger partial charge in [0.2, 0.25) is 0 Å². The van der Waals surface area contributed by atoms with Crippen molar-refractivity contribution in [3.8, 4) is 11.3 Å². The highest BCUT2D eigenvalue weighted by atomic mass is 32.1. The molecule has 0 unspecified atom stereocenters. The van der Waals surface area contributed by atoms with Gasteiger partial charge in [-0.3, -0.25) is 14.9 Å². The van der Waals surface area contributed by atoms with Crippen LogP contribution in [0.5, 0.6) is 0 Å². The summed E-state index contributed by atoms with van der Waals surface area (Å²) in [6, 6.07) is 7.97. The third-order valence-electron chi connectivity index (χ3n) is 4.13. The van der Waals surface area contributed by atoms with E-state index < -0.39 is 11.9 Å². The van der Waals surface area contributed by atoms with E-state index in [1.807, 2.05) is 29.8 Å². The minimum Gasteiger partial charge on any atom is -0.455 e. The Morgan fingerprint density at radius 1 is 1.11 bits per heavy atom. The second kappa shape index (κ2) is 8.45. The van der Waals surface area contributed by atoms with Crippen LogP contribution in [-0.4, -0.2) is 23.5 Å². The first-order valence-electron chi connectivity index (χ1n) is 8.44. The maximum atomic E-state index is 12.0. The number of rotatable bonds is 6. The lowest BCUT2D eigenvalue weighted by molar-refractivity contribution is -0.146. The summed E-state index contributed by atoms with van der Waals surface area (Å²) >= 11 is 2.83. The summed E-state index contributed by atoms with van der Waals surface area (Å²) in [5, 5.41) is 6.98. The predicted octanol–water partition coefficient (Wildman–Crippen LogP) is 4.52. The number of amides is 1. The van der Waals surface area contributed by atoms with E-state index in [-0.39, 0.29) is 13.0 Å². The molecule has 140 valence electrons. The van der Waals surface area contributed by atoms with Crippen LogP contribution in [-0.2, 0) is 20.7 Å². The van der Waals surface area contributed by atoms with Crippen molar-refractivity contribution in [2.75, 3.05) is 11.9 Å². The molecule has 0 aliphatic carbocycles. The van der Waals surface area contributed by atoms with Crippen LogP contribution in [0.15, 0.2) is 35.0 Å². The SMILES string of the molecule is Cc1cc(C)c(-c2csc(NC(=O)COC(=O)Cc3cccs3)n2)cc1C. The van der Waals surface area contributed by atoms with Gasteiger partial charge in [0.15, 0.2) is 11.7 Å². The maximum absolute atomic E-state index is 12.0. The lowest BCUT2D eigenvalue weighted by Crippen LogP contribution is -2.21. The Labute approximate surface area is 166 Å². The fraction of sp³-hybridized carbons (Fsp3) is 0.250. The van der Waals surface area contributed by atoms with Crippen LogP contribution in [0.3, 0.4) is 0 Å². The number of hydrogen-bond acceptors (Lipinski definition) is 6. The van der Waals surface area contributed by atoms with E-state index in [9.17, 15) is 9.59 Å². The van der Waals surface area contributed by atoms with Gasteiger partial charge in [0.1, 0.15) is 0 Å². The number of anilines is 1. The molecule has 0 spiro atoms. The van der Waals surface area contributed by atoms with Crippen molar-refractivity contribution in [3.63, 3.8) is 0 Å². The Morgan fingerprint density at radius 3 is 2.63 bits per heavy atom. The van der Waals surface area contributed by atoms with Gasteiger partial charge in [0.05, 0.1) is 12.1 Å². The van der Waals surface area contributed by atoms with E-state index in [1.165, 1.54) is 33.8 Å². The molecule has 2 aromatic heterocycles. The van der Waals surface area contributed by atoms with Gasteiger partial charge in [-0.1, -0.05) is 12.1 Å². The zero-order valence-corrected chi connectivity index (χ0v) is 17.0. The van der Waals surface area contributed by atoms with Gasteiger partial charge in [0.25, 0.3) is 5.91 Å². The monoisotopic (exact) mass is 400 g/mol. The summed E-state index contributed by atoms with van der Waals surface area (Å²) in [5.74, 6) is -0.814. The number of nitrogens with one attached hydrogen (secondary N) is 1. The molecule has 2 heterocycles. The number of nitrogens with zero attached hydrogens (tertiary/aromatic N) is 1. The van der Waals surface area contributed by atoms with E-state index in [4.69, 9.17) is 4.74 Å². The topological polar surface area (TPSA) is 68.3 Å². The lowest BCUT2D eigenvalue weighted by atomic mass is 9.99. The Hall–Kier alpha value is -2.51. The largest absolute Gasteiger partial charge is 0.455 e. The number of carbonyl (C=O) groups is 2. The molecule has 0 fully saturated rings. The van der Waals surface area contributed by atoms with Crippen LogP contribution in [0.4, 0.5) is 5.13 Å². The van der Waals surface area contributed by atoms with Gasteiger partial charge in [0, 0.05) is 15.8 Å². The number of hydrogen-bond donors (Lipinski definition) is 1. The van der Waals surface area contributed by atoms with E-state index in [2.05, 4.69) is 36.3 Å². The molecule has 0 saturated carbocycles. The number of thiophene rings is 1. The van der Waals surface area contributed by atoms with Crippen molar-refractivity contribution in [2.45, 2.75) is 27.2 Å². The van der Waals surface area contributed by atoms with Crippen LogP contribution in [0.1, 0.15) is 21.6 Å². The highest BCUT2D eigenvalue weighted by Gasteiger charge is 2.13. The fourth-order valence-corrected chi connectivity index (χ4v) is 4.02. The maximum Gasteiger partial charge on any atom is 0.311 e. The Kier molecular flexibility index (Phi) is 6.03. The molecule has 27 heavy (non-hydrogen) atoms. The third-order valence-corrected chi connectivity index (χ3v) is 5.76. The molecule has 3 aromatic rings. The van der Waals surface area contributed by atoms with Gasteiger partial charge >= 0.3 is 5.97 Å². The predicted molar refractivity (Wildman–Crippen MR) is 109 cm³/mol. The normalized spacial score (nSPS) is 10.6. The molecular weight excluding hydrogens is 380 g/mol. The standard InChI is InChI=1S/C20H20N2O3S2/c1-12-7-14(3)16(8-13(12)2)17-11-27-20(21-17)22-18(23)10-25-19(24)9-15-5-4-6-26-15/h4-8,11H,9-10H2,1-3H3,(H,21,22,23). The summed E-state index contributed by atoms with van der Waals surface area (Å²) in [5.41, 5.74) is 5.46. The zero-order valence-electron chi connectivity index (χ0n) is 15.4. The first kappa shape index (κ1) is 19.3. The molecular formula is C20H20N2O3S2. The Balaban J connectivity index is 1.56. The first-order valence-corrected chi connectivity index (χ1v) is 10.2. The summed E-state index contributed by atoms with van der Waals surface area (Å²) in [7, 11) is 0. The van der Waals surface area contributed by atoms with Gasteiger partial charge in [-0.15, -0.1) is 22.7 Å². The summed E-state index contributed by atoms with van der Waals surface area (Å²) in [6.45, 7) is 5.88. The third kappa shape index (κ3) is 5.02. The van der Waals surface area contributed by atoms with Crippen LogP contribution >= 0.6 is 22.7 Å². The average molecular weight is 401 g/mol. The number of thiazole rings is 1. The molecule has 7 heteroatoms. The van der Waals surface area contributed by atoms with Gasteiger partial charge in [-0.25, -0.2) is 4.98 Å². The van der Waals surface area contributed by atoms with Gasteiger partial charge in [-0.2, -0.15) is 0 Å². The molecule has 0 radical (unpaired) electrons. The molecule has 1 amide bonds. The van der Waals surface area contributed by atoms with E-state index in [1.54, 1.807) is 0 Å². The van der Waals surface area contributed by atoms with Crippen molar-refractivity contribution >= 4 is 39.7 Å². The fourth-order valence-electron chi connectivity index (χ4n) is 2.60. The van der Waals surface area contributed by atoms with Crippen molar-refractivity contribution in [1.82, 2.24) is 4.98 Å². The van der Waals surface area contributed by atoms with Crippen molar-refractivity contribution in [2.24, 2.45) is 0 Å². The van der Waals surface area contributed by atoms with Crippen LogP contribution < -0.4 is 5.32 Å². The van der Waals surface area contributed by atoms with E-state index in [0.29, 0.717) is 5.13 Å².